The molecule has 6 heteroatoms. The molecule has 26 heavy (non-hydrogen) atoms. The van der Waals surface area contributed by atoms with Crippen LogP contribution in [0.25, 0.3) is 0 Å². The van der Waals surface area contributed by atoms with E-state index >= 15 is 0 Å². The predicted molar refractivity (Wildman–Crippen MR) is 106 cm³/mol. The van der Waals surface area contributed by atoms with Crippen molar-refractivity contribution >= 4 is 35.0 Å². The van der Waals surface area contributed by atoms with Crippen molar-refractivity contribution in [2.45, 2.75) is 38.8 Å². The van der Waals surface area contributed by atoms with Gasteiger partial charge in [-0.25, -0.2) is 0 Å². The molecule has 4 nitrogen and oxygen atoms in total. The highest BCUT2D eigenvalue weighted by atomic mass is 35.5. The number of aryl methyl sites for hydroxylation is 1. The van der Waals surface area contributed by atoms with Crippen LogP contribution < -0.4 is 10.6 Å². The van der Waals surface area contributed by atoms with Gasteiger partial charge in [-0.2, -0.15) is 0 Å². The molecule has 0 spiro atoms. The van der Waals surface area contributed by atoms with Crippen LogP contribution >= 0.6 is 23.2 Å². The second-order valence-corrected chi connectivity index (χ2v) is 7.02. The molecule has 0 saturated carbocycles. The van der Waals surface area contributed by atoms with E-state index in [2.05, 4.69) is 22.8 Å². The number of hydrogen-bond donors (Lipinski definition) is 2. The summed E-state index contributed by atoms with van der Waals surface area (Å²) in [7, 11) is 0. The third kappa shape index (κ3) is 5.75. The standard InChI is InChI=1S/C20H22Cl2N2O2/c1-13(11-12-15-7-4-3-5-8-15)23-19(25)14(2)24-20(26)16-9-6-10-17(21)18(16)22/h3-10,13-14H,11-12H2,1-2H3,(H,23,25)(H,24,26). The molecule has 0 bridgehead atoms. The molecule has 0 aromatic heterocycles. The first kappa shape index (κ1) is 20.3. The lowest BCUT2D eigenvalue weighted by Crippen LogP contribution is -2.47. The summed E-state index contributed by atoms with van der Waals surface area (Å²) in [6.45, 7) is 3.58. The van der Waals surface area contributed by atoms with Crippen LogP contribution in [0.1, 0.15) is 36.2 Å². The van der Waals surface area contributed by atoms with Crippen LogP contribution in [0.15, 0.2) is 48.5 Å². The molecular weight excluding hydrogens is 371 g/mol. The van der Waals surface area contributed by atoms with Gasteiger partial charge in [0.15, 0.2) is 0 Å². The lowest BCUT2D eigenvalue weighted by Gasteiger charge is -2.19. The van der Waals surface area contributed by atoms with E-state index in [1.165, 1.54) is 5.56 Å². The highest BCUT2D eigenvalue weighted by molar-refractivity contribution is 6.43. The molecule has 2 N–H and O–H groups in total. The van der Waals surface area contributed by atoms with Crippen molar-refractivity contribution < 1.29 is 9.59 Å². The lowest BCUT2D eigenvalue weighted by atomic mass is 10.1. The normalized spacial score (nSPS) is 12.9. The van der Waals surface area contributed by atoms with Crippen molar-refractivity contribution in [3.8, 4) is 0 Å². The largest absolute Gasteiger partial charge is 0.352 e. The molecule has 2 rings (SSSR count). The second-order valence-electron chi connectivity index (χ2n) is 6.23. The fraction of sp³-hybridized carbons (Fsp3) is 0.300. The van der Waals surface area contributed by atoms with E-state index in [-0.39, 0.29) is 22.5 Å². The maximum atomic E-state index is 12.3. The first-order valence-corrected chi connectivity index (χ1v) is 9.23. The van der Waals surface area contributed by atoms with Gasteiger partial charge in [-0.15, -0.1) is 0 Å². The third-order valence-corrected chi connectivity index (χ3v) is 4.85. The summed E-state index contributed by atoms with van der Waals surface area (Å²) >= 11 is 12.0. The molecule has 2 unspecified atom stereocenters. The second kappa shape index (κ2) is 9.60. The molecule has 0 aliphatic rings. The van der Waals surface area contributed by atoms with Crippen LogP contribution in [0.5, 0.6) is 0 Å². The van der Waals surface area contributed by atoms with E-state index in [4.69, 9.17) is 23.2 Å². The van der Waals surface area contributed by atoms with Crippen LogP contribution in [-0.4, -0.2) is 23.9 Å². The summed E-state index contributed by atoms with van der Waals surface area (Å²) in [5.41, 5.74) is 1.47. The van der Waals surface area contributed by atoms with Crippen molar-refractivity contribution in [2.75, 3.05) is 0 Å². The van der Waals surface area contributed by atoms with E-state index in [0.717, 1.165) is 12.8 Å². The highest BCUT2D eigenvalue weighted by Gasteiger charge is 2.20. The Morgan fingerprint density at radius 2 is 1.65 bits per heavy atom. The predicted octanol–water partition coefficient (Wildman–Crippen LogP) is 4.25. The van der Waals surface area contributed by atoms with Crippen molar-refractivity contribution in [1.29, 1.82) is 0 Å². The fourth-order valence-electron chi connectivity index (χ4n) is 2.49. The zero-order valence-electron chi connectivity index (χ0n) is 14.8. The van der Waals surface area contributed by atoms with E-state index in [9.17, 15) is 9.59 Å². The summed E-state index contributed by atoms with van der Waals surface area (Å²) in [6.07, 6.45) is 1.69. The molecule has 0 aliphatic heterocycles. The minimum atomic E-state index is -0.684. The Morgan fingerprint density at radius 3 is 2.35 bits per heavy atom. The van der Waals surface area contributed by atoms with Gasteiger partial charge in [-0.1, -0.05) is 59.6 Å². The quantitative estimate of drug-likeness (QED) is 0.739. The molecule has 2 aromatic rings. The highest BCUT2D eigenvalue weighted by Crippen LogP contribution is 2.25. The number of rotatable bonds is 7. The Bertz CT molecular complexity index is 766. The maximum absolute atomic E-state index is 12.3. The SMILES string of the molecule is CC(CCc1ccccc1)NC(=O)C(C)NC(=O)c1cccc(Cl)c1Cl. The van der Waals surface area contributed by atoms with Crippen molar-refractivity contribution in [3.05, 3.63) is 69.7 Å². The van der Waals surface area contributed by atoms with E-state index in [1.807, 2.05) is 25.1 Å². The van der Waals surface area contributed by atoms with Crippen molar-refractivity contribution in [2.24, 2.45) is 0 Å². The average Bonchev–Trinajstić information content (AvgIpc) is 2.63. The van der Waals surface area contributed by atoms with E-state index in [0.29, 0.717) is 5.02 Å². The smallest absolute Gasteiger partial charge is 0.253 e. The first-order valence-electron chi connectivity index (χ1n) is 8.47. The molecule has 2 amide bonds. The van der Waals surface area contributed by atoms with Crippen LogP contribution in [0.2, 0.25) is 10.0 Å². The van der Waals surface area contributed by atoms with Crippen molar-refractivity contribution in [3.63, 3.8) is 0 Å². The van der Waals surface area contributed by atoms with Crippen molar-refractivity contribution in [1.82, 2.24) is 10.6 Å². The number of amides is 2. The number of nitrogens with one attached hydrogen (secondary N) is 2. The topological polar surface area (TPSA) is 58.2 Å². The minimum absolute atomic E-state index is 0.00295. The summed E-state index contributed by atoms with van der Waals surface area (Å²) in [6, 6.07) is 14.2. The van der Waals surface area contributed by atoms with Gasteiger partial charge in [-0.05, 0) is 44.4 Å². The Balaban J connectivity index is 1.84. The Morgan fingerprint density at radius 1 is 0.962 bits per heavy atom. The summed E-state index contributed by atoms with van der Waals surface area (Å²) in [5.74, 6) is -0.672. The van der Waals surface area contributed by atoms with Crippen LogP contribution in [0, 0.1) is 0 Å². The van der Waals surface area contributed by atoms with Crippen LogP contribution in [0.3, 0.4) is 0 Å². The van der Waals surface area contributed by atoms with Gasteiger partial charge in [0.25, 0.3) is 5.91 Å². The molecular formula is C20H22Cl2N2O2. The molecule has 2 atom stereocenters. The lowest BCUT2D eigenvalue weighted by molar-refractivity contribution is -0.123. The molecule has 0 aliphatic carbocycles. The van der Waals surface area contributed by atoms with Gasteiger partial charge in [-0.3, -0.25) is 9.59 Å². The van der Waals surface area contributed by atoms with Gasteiger partial charge in [0, 0.05) is 6.04 Å². The van der Waals surface area contributed by atoms with Gasteiger partial charge in [0.1, 0.15) is 6.04 Å². The van der Waals surface area contributed by atoms with E-state index in [1.54, 1.807) is 25.1 Å². The average molecular weight is 393 g/mol. The number of benzene rings is 2. The molecule has 0 radical (unpaired) electrons. The Labute approximate surface area is 163 Å². The molecule has 2 aromatic carbocycles. The van der Waals surface area contributed by atoms with Crippen LogP contribution in [0.4, 0.5) is 0 Å². The maximum Gasteiger partial charge on any atom is 0.253 e. The Hall–Kier alpha value is -2.04. The number of carbonyl (C=O) groups excluding carboxylic acids is 2. The minimum Gasteiger partial charge on any atom is -0.352 e. The van der Waals surface area contributed by atoms with Gasteiger partial charge >= 0.3 is 0 Å². The molecule has 0 fully saturated rings. The summed E-state index contributed by atoms with van der Waals surface area (Å²) < 4.78 is 0. The summed E-state index contributed by atoms with van der Waals surface area (Å²) in [5, 5.41) is 6.04. The fourth-order valence-corrected chi connectivity index (χ4v) is 2.87. The molecule has 0 saturated heterocycles. The van der Waals surface area contributed by atoms with Gasteiger partial charge in [0.2, 0.25) is 5.91 Å². The number of carbonyl (C=O) groups is 2. The third-order valence-electron chi connectivity index (χ3n) is 4.03. The zero-order valence-corrected chi connectivity index (χ0v) is 16.3. The first-order chi connectivity index (χ1) is 12.4. The monoisotopic (exact) mass is 392 g/mol. The molecule has 0 heterocycles. The van der Waals surface area contributed by atoms with Crippen LogP contribution in [-0.2, 0) is 11.2 Å². The zero-order chi connectivity index (χ0) is 19.1. The van der Waals surface area contributed by atoms with Gasteiger partial charge < -0.3 is 10.6 Å². The van der Waals surface area contributed by atoms with Gasteiger partial charge in [0.05, 0.1) is 15.6 Å². The Kier molecular flexibility index (Phi) is 7.49. The summed E-state index contributed by atoms with van der Waals surface area (Å²) in [4.78, 5) is 24.6. The van der Waals surface area contributed by atoms with E-state index < -0.39 is 11.9 Å². The number of hydrogen-bond acceptors (Lipinski definition) is 2. The number of halogens is 2. The molecule has 138 valence electrons.